The van der Waals surface area contributed by atoms with Gasteiger partial charge in [-0.25, -0.2) is 4.39 Å². The van der Waals surface area contributed by atoms with Gasteiger partial charge in [0.1, 0.15) is 10.8 Å². The van der Waals surface area contributed by atoms with Crippen LogP contribution in [0.5, 0.6) is 0 Å². The third-order valence-corrected chi connectivity index (χ3v) is 4.73. The second-order valence-corrected chi connectivity index (χ2v) is 6.88. The van der Waals surface area contributed by atoms with E-state index in [2.05, 4.69) is 15.5 Å². The van der Waals surface area contributed by atoms with Gasteiger partial charge in [0.15, 0.2) is 5.15 Å². The van der Waals surface area contributed by atoms with Crippen LogP contribution in [0.4, 0.5) is 4.39 Å². The number of aromatic nitrogens is 2. The molecule has 4 nitrogen and oxygen atoms in total. The molecule has 26 heavy (non-hydrogen) atoms. The molecule has 0 aliphatic heterocycles. The molecule has 0 aliphatic rings. The van der Waals surface area contributed by atoms with Gasteiger partial charge in [-0.1, -0.05) is 53.7 Å². The summed E-state index contributed by atoms with van der Waals surface area (Å²) < 4.78 is 12.9. The Bertz CT molecular complexity index is 891. The van der Waals surface area contributed by atoms with Crippen LogP contribution in [-0.2, 0) is 6.42 Å². The smallest absolute Gasteiger partial charge is 0.254 e. The maximum atomic E-state index is 12.9. The molecular formula is C19H15ClFN3OS. The second-order valence-electron chi connectivity index (χ2n) is 5.43. The molecule has 1 amide bonds. The first-order chi connectivity index (χ1) is 12.6. The molecule has 2 aromatic carbocycles. The van der Waals surface area contributed by atoms with Crippen molar-refractivity contribution in [2.24, 2.45) is 0 Å². The van der Waals surface area contributed by atoms with E-state index < -0.39 is 0 Å². The van der Waals surface area contributed by atoms with Crippen molar-refractivity contribution in [2.45, 2.75) is 16.3 Å². The lowest BCUT2D eigenvalue weighted by atomic mass is 10.1. The van der Waals surface area contributed by atoms with Gasteiger partial charge < -0.3 is 5.32 Å². The van der Waals surface area contributed by atoms with Crippen LogP contribution in [0.3, 0.4) is 0 Å². The lowest BCUT2D eigenvalue weighted by Crippen LogP contribution is -2.26. The summed E-state index contributed by atoms with van der Waals surface area (Å²) in [5, 5.41) is 11.4. The molecule has 0 aliphatic carbocycles. The molecule has 132 valence electrons. The summed E-state index contributed by atoms with van der Waals surface area (Å²) in [6, 6.07) is 17.3. The number of nitrogens with zero attached hydrogens (tertiary/aromatic N) is 2. The fraction of sp³-hybridized carbons (Fsp3) is 0.105. The molecule has 0 bridgehead atoms. The summed E-state index contributed by atoms with van der Waals surface area (Å²) in [4.78, 5) is 13.5. The van der Waals surface area contributed by atoms with Crippen LogP contribution in [0.15, 0.2) is 70.6 Å². The average molecular weight is 388 g/mol. The highest BCUT2D eigenvalue weighted by Gasteiger charge is 2.15. The summed E-state index contributed by atoms with van der Waals surface area (Å²) in [5.41, 5.74) is 1.31. The molecule has 0 radical (unpaired) electrons. The minimum Gasteiger partial charge on any atom is -0.352 e. The number of carbonyl (C=O) groups is 1. The van der Waals surface area contributed by atoms with Crippen molar-refractivity contribution in [1.29, 1.82) is 0 Å². The number of hydrogen-bond donors (Lipinski definition) is 1. The fourth-order valence-corrected chi connectivity index (χ4v) is 3.27. The van der Waals surface area contributed by atoms with Gasteiger partial charge in [0.25, 0.3) is 5.91 Å². The Morgan fingerprint density at radius 3 is 2.54 bits per heavy atom. The van der Waals surface area contributed by atoms with Gasteiger partial charge >= 0.3 is 0 Å². The zero-order chi connectivity index (χ0) is 18.4. The predicted octanol–water partition coefficient (Wildman–Crippen LogP) is 4.39. The van der Waals surface area contributed by atoms with Gasteiger partial charge in [0.2, 0.25) is 0 Å². The first-order valence-corrected chi connectivity index (χ1v) is 9.10. The number of hydrogen-bond acceptors (Lipinski definition) is 4. The van der Waals surface area contributed by atoms with Crippen molar-refractivity contribution in [2.75, 3.05) is 6.54 Å². The molecule has 1 N–H and O–H groups in total. The average Bonchev–Trinajstić information content (AvgIpc) is 2.65. The van der Waals surface area contributed by atoms with E-state index in [-0.39, 0.29) is 16.9 Å². The molecule has 0 saturated heterocycles. The Kier molecular flexibility index (Phi) is 6.20. The van der Waals surface area contributed by atoms with Crippen molar-refractivity contribution >= 4 is 29.3 Å². The van der Waals surface area contributed by atoms with Gasteiger partial charge in [0, 0.05) is 11.4 Å². The van der Waals surface area contributed by atoms with Crippen molar-refractivity contribution in [1.82, 2.24) is 15.5 Å². The second kappa shape index (κ2) is 8.78. The normalized spacial score (nSPS) is 10.5. The van der Waals surface area contributed by atoms with E-state index in [4.69, 9.17) is 11.6 Å². The minimum absolute atomic E-state index is 0.158. The molecule has 1 aromatic heterocycles. The molecule has 0 fully saturated rings. The molecule has 0 saturated carbocycles. The number of benzene rings is 2. The highest BCUT2D eigenvalue weighted by molar-refractivity contribution is 7.99. The Balaban J connectivity index is 1.67. The fourth-order valence-electron chi connectivity index (χ4n) is 2.26. The summed E-state index contributed by atoms with van der Waals surface area (Å²) >= 11 is 7.26. The third kappa shape index (κ3) is 5.03. The van der Waals surface area contributed by atoms with E-state index in [1.54, 1.807) is 12.1 Å². The number of amides is 1. The first kappa shape index (κ1) is 18.4. The van der Waals surface area contributed by atoms with Crippen LogP contribution in [0, 0.1) is 5.82 Å². The van der Waals surface area contributed by atoms with Gasteiger partial charge in [-0.15, -0.1) is 10.2 Å². The van der Waals surface area contributed by atoms with Gasteiger partial charge in [-0.3, -0.25) is 4.79 Å². The lowest BCUT2D eigenvalue weighted by molar-refractivity contribution is 0.0950. The van der Waals surface area contributed by atoms with Crippen LogP contribution in [-0.4, -0.2) is 22.6 Å². The maximum Gasteiger partial charge on any atom is 0.254 e. The van der Waals surface area contributed by atoms with Gasteiger partial charge in [0.05, 0.1) is 5.56 Å². The Labute approximate surface area is 159 Å². The summed E-state index contributed by atoms with van der Waals surface area (Å²) in [7, 11) is 0. The van der Waals surface area contributed by atoms with E-state index in [0.29, 0.717) is 23.6 Å². The highest BCUT2D eigenvalue weighted by atomic mass is 35.5. The van der Waals surface area contributed by atoms with E-state index in [0.717, 1.165) is 10.5 Å². The zero-order valence-corrected chi connectivity index (χ0v) is 15.2. The Morgan fingerprint density at radius 1 is 1.08 bits per heavy atom. The quantitative estimate of drug-likeness (QED) is 0.681. The highest BCUT2D eigenvalue weighted by Crippen LogP contribution is 2.29. The van der Waals surface area contributed by atoms with Crippen LogP contribution in [0.25, 0.3) is 0 Å². The number of nitrogens with one attached hydrogen (secondary N) is 1. The van der Waals surface area contributed by atoms with Crippen molar-refractivity contribution in [3.63, 3.8) is 0 Å². The lowest BCUT2D eigenvalue weighted by Gasteiger charge is -2.09. The van der Waals surface area contributed by atoms with Crippen molar-refractivity contribution in [3.05, 3.63) is 82.8 Å². The number of halogens is 2. The molecule has 0 spiro atoms. The predicted molar refractivity (Wildman–Crippen MR) is 100 cm³/mol. The third-order valence-electron chi connectivity index (χ3n) is 3.55. The molecular weight excluding hydrogens is 373 g/mol. The van der Waals surface area contributed by atoms with Gasteiger partial charge in [-0.05, 0) is 42.3 Å². The number of rotatable bonds is 6. The summed E-state index contributed by atoms with van der Waals surface area (Å²) in [5.74, 6) is -0.555. The van der Waals surface area contributed by atoms with E-state index in [1.807, 2.05) is 30.3 Å². The molecule has 0 unspecified atom stereocenters. The molecule has 3 aromatic rings. The zero-order valence-electron chi connectivity index (χ0n) is 13.7. The molecule has 1 heterocycles. The monoisotopic (exact) mass is 387 g/mol. The first-order valence-electron chi connectivity index (χ1n) is 7.90. The van der Waals surface area contributed by atoms with Gasteiger partial charge in [-0.2, -0.15) is 0 Å². The SMILES string of the molecule is O=C(NCCc1ccc(F)cc1)c1cc(Cl)nnc1Sc1ccccc1. The van der Waals surface area contributed by atoms with E-state index in [9.17, 15) is 9.18 Å². The van der Waals surface area contributed by atoms with Crippen LogP contribution in [0.1, 0.15) is 15.9 Å². The molecule has 7 heteroatoms. The molecule has 3 rings (SSSR count). The number of carbonyl (C=O) groups excluding carboxylic acids is 1. The summed E-state index contributed by atoms with van der Waals surface area (Å²) in [6.45, 7) is 0.417. The minimum atomic E-state index is -0.280. The standard InChI is InChI=1S/C19H15ClFN3OS/c20-17-12-16(19(24-23-17)26-15-4-2-1-3-5-15)18(25)22-11-10-13-6-8-14(21)9-7-13/h1-9,12H,10-11H2,(H,22,25). The summed E-state index contributed by atoms with van der Waals surface area (Å²) in [6.07, 6.45) is 0.597. The Hall–Kier alpha value is -2.44. The van der Waals surface area contributed by atoms with Crippen LogP contribution >= 0.6 is 23.4 Å². The maximum absolute atomic E-state index is 12.9. The van der Waals surface area contributed by atoms with Crippen molar-refractivity contribution < 1.29 is 9.18 Å². The largest absolute Gasteiger partial charge is 0.352 e. The van der Waals surface area contributed by atoms with Crippen molar-refractivity contribution in [3.8, 4) is 0 Å². The van der Waals surface area contributed by atoms with Crippen LogP contribution < -0.4 is 5.32 Å². The Morgan fingerprint density at radius 2 is 1.81 bits per heavy atom. The molecule has 0 atom stereocenters. The van der Waals surface area contributed by atoms with E-state index in [1.165, 1.54) is 30.0 Å². The van der Waals surface area contributed by atoms with Crippen LogP contribution in [0.2, 0.25) is 5.15 Å². The van der Waals surface area contributed by atoms with E-state index >= 15 is 0 Å². The topological polar surface area (TPSA) is 54.9 Å².